The topological polar surface area (TPSA) is 46.4 Å². The lowest BCUT2D eigenvalue weighted by Gasteiger charge is -1.98. The minimum Gasteiger partial charge on any atom is -0.347 e. The van der Waals surface area contributed by atoms with E-state index < -0.39 is 0 Å². The normalized spacial score (nSPS) is 11.2. The molecule has 0 radical (unpaired) electrons. The van der Waals surface area contributed by atoms with Crippen LogP contribution in [-0.4, -0.2) is 15.3 Å². The summed E-state index contributed by atoms with van der Waals surface area (Å²) in [5.41, 5.74) is 2.17. The lowest BCUT2D eigenvalue weighted by atomic mass is 10.2. The van der Waals surface area contributed by atoms with E-state index in [1.807, 2.05) is 12.1 Å². The van der Waals surface area contributed by atoms with Gasteiger partial charge in [0.25, 0.3) is 0 Å². The molecule has 1 N–H and O–H groups in total. The summed E-state index contributed by atoms with van der Waals surface area (Å²) in [5, 5.41) is 3.38. The van der Waals surface area contributed by atoms with Crippen LogP contribution < -0.4 is 5.32 Å². The predicted molar refractivity (Wildman–Crippen MR) is 87.5 cm³/mol. The van der Waals surface area contributed by atoms with Gasteiger partial charge in [-0.1, -0.05) is 23.7 Å². The number of rotatable bonds is 4. The molecule has 2 aromatic heterocycles. The molecule has 0 aliphatic heterocycles. The fraction of sp³-hybridized carbons (Fsp3) is 0.0588. The largest absolute Gasteiger partial charge is 0.347 e. The van der Waals surface area contributed by atoms with Gasteiger partial charge in [0.05, 0.1) is 12.2 Å². The number of pyridine rings is 1. The monoisotopic (exact) mass is 329 g/mol. The third-order valence-electron chi connectivity index (χ3n) is 3.21. The molecule has 0 saturated carbocycles. The Hall–Kier alpha value is -2.66. The Bertz CT molecular complexity index is 871. The Morgan fingerprint density at radius 1 is 1.22 bits per heavy atom. The van der Waals surface area contributed by atoms with E-state index >= 15 is 0 Å². The number of halogens is 2. The number of aromatic nitrogens is 2. The van der Waals surface area contributed by atoms with Gasteiger partial charge in [0.2, 0.25) is 5.91 Å². The molecular formula is C17H13ClFN3O. The summed E-state index contributed by atoms with van der Waals surface area (Å²) >= 11 is 5.80. The summed E-state index contributed by atoms with van der Waals surface area (Å²) in [4.78, 5) is 16.1. The van der Waals surface area contributed by atoms with Crippen LogP contribution in [-0.2, 0) is 11.3 Å². The van der Waals surface area contributed by atoms with Crippen LogP contribution in [0.25, 0.3) is 11.7 Å². The summed E-state index contributed by atoms with van der Waals surface area (Å²) < 4.78 is 14.7. The molecule has 23 heavy (non-hydrogen) atoms. The highest BCUT2D eigenvalue weighted by Crippen LogP contribution is 2.10. The fourth-order valence-electron chi connectivity index (χ4n) is 2.08. The number of amides is 1. The van der Waals surface area contributed by atoms with Crippen molar-refractivity contribution in [3.8, 4) is 0 Å². The maximum Gasteiger partial charge on any atom is 0.244 e. The summed E-state index contributed by atoms with van der Waals surface area (Å²) in [7, 11) is 0. The van der Waals surface area contributed by atoms with Crippen molar-refractivity contribution in [3.63, 3.8) is 0 Å². The first-order valence-electron chi connectivity index (χ1n) is 6.95. The second kappa shape index (κ2) is 6.62. The van der Waals surface area contributed by atoms with Gasteiger partial charge in [-0.25, -0.2) is 9.37 Å². The standard InChI is InChI=1S/C17H13ClFN3O/c18-13-4-1-12(2-5-13)3-8-17(23)20-9-15-11-22-10-14(19)6-7-16(22)21-15/h1-8,10-11H,9H2,(H,20,23)/b8-3+. The van der Waals surface area contributed by atoms with Crippen LogP contribution in [0.3, 0.4) is 0 Å². The molecule has 0 bridgehead atoms. The van der Waals surface area contributed by atoms with Crippen molar-refractivity contribution in [3.05, 3.63) is 77.0 Å². The SMILES string of the molecule is O=C(/C=C/c1ccc(Cl)cc1)NCc1cn2cc(F)ccc2n1. The predicted octanol–water partition coefficient (Wildman–Crippen LogP) is 3.46. The number of hydrogen-bond donors (Lipinski definition) is 1. The number of carbonyl (C=O) groups excluding carboxylic acids is 1. The Balaban J connectivity index is 1.60. The molecule has 0 fully saturated rings. The smallest absolute Gasteiger partial charge is 0.244 e. The summed E-state index contributed by atoms with van der Waals surface area (Å²) in [5.74, 6) is -0.570. The quantitative estimate of drug-likeness (QED) is 0.745. The van der Waals surface area contributed by atoms with E-state index in [1.54, 1.807) is 34.9 Å². The number of carbonyl (C=O) groups is 1. The summed E-state index contributed by atoms with van der Waals surface area (Å²) in [6, 6.07) is 10.1. The molecule has 0 unspecified atom stereocenters. The van der Waals surface area contributed by atoms with Gasteiger partial charge in [-0.05, 0) is 35.9 Å². The molecule has 0 spiro atoms. The molecule has 0 atom stereocenters. The van der Waals surface area contributed by atoms with Gasteiger partial charge < -0.3 is 9.72 Å². The second-order valence-corrected chi connectivity index (χ2v) is 5.38. The van der Waals surface area contributed by atoms with Crippen molar-refractivity contribution in [2.75, 3.05) is 0 Å². The summed E-state index contributed by atoms with van der Waals surface area (Å²) in [6.07, 6.45) is 6.17. The second-order valence-electron chi connectivity index (χ2n) is 4.95. The minimum absolute atomic E-state index is 0.233. The molecule has 0 aliphatic carbocycles. The van der Waals surface area contributed by atoms with Gasteiger partial charge in [0, 0.05) is 23.5 Å². The molecule has 2 heterocycles. The van der Waals surface area contributed by atoms with Gasteiger partial charge in [0.15, 0.2) is 0 Å². The molecule has 4 nitrogen and oxygen atoms in total. The van der Waals surface area contributed by atoms with Gasteiger partial charge in [-0.15, -0.1) is 0 Å². The van der Waals surface area contributed by atoms with Crippen molar-refractivity contribution in [2.24, 2.45) is 0 Å². The van der Waals surface area contributed by atoms with Crippen molar-refractivity contribution >= 4 is 29.2 Å². The lowest BCUT2D eigenvalue weighted by molar-refractivity contribution is -0.116. The van der Waals surface area contributed by atoms with Crippen LogP contribution in [0.4, 0.5) is 4.39 Å². The first-order chi connectivity index (χ1) is 11.1. The molecule has 1 aromatic carbocycles. The zero-order valence-electron chi connectivity index (χ0n) is 12.0. The van der Waals surface area contributed by atoms with Crippen molar-refractivity contribution < 1.29 is 9.18 Å². The lowest BCUT2D eigenvalue weighted by Crippen LogP contribution is -2.20. The maximum absolute atomic E-state index is 13.1. The van der Waals surface area contributed by atoms with Gasteiger partial charge in [-0.2, -0.15) is 0 Å². The van der Waals surface area contributed by atoms with E-state index in [0.29, 0.717) is 16.4 Å². The minimum atomic E-state index is -0.337. The van der Waals surface area contributed by atoms with Crippen LogP contribution in [0, 0.1) is 5.82 Å². The van der Waals surface area contributed by atoms with Crippen LogP contribution in [0.15, 0.2) is 54.9 Å². The number of fused-ring (bicyclic) bond motifs is 1. The van der Waals surface area contributed by atoms with Crippen LogP contribution in [0.1, 0.15) is 11.3 Å². The van der Waals surface area contributed by atoms with E-state index in [9.17, 15) is 9.18 Å². The van der Waals surface area contributed by atoms with Crippen LogP contribution in [0.2, 0.25) is 5.02 Å². The molecular weight excluding hydrogens is 317 g/mol. The third-order valence-corrected chi connectivity index (χ3v) is 3.46. The number of imidazole rings is 1. The van der Waals surface area contributed by atoms with Crippen LogP contribution >= 0.6 is 11.6 Å². The fourth-order valence-corrected chi connectivity index (χ4v) is 2.21. The maximum atomic E-state index is 13.1. The zero-order chi connectivity index (χ0) is 16.2. The molecule has 1 amide bonds. The summed E-state index contributed by atoms with van der Waals surface area (Å²) in [6.45, 7) is 0.271. The Labute approximate surface area is 137 Å². The third kappa shape index (κ3) is 3.96. The van der Waals surface area contributed by atoms with E-state index in [-0.39, 0.29) is 18.3 Å². The average Bonchev–Trinajstić information content (AvgIpc) is 2.94. The molecule has 116 valence electrons. The molecule has 0 aliphatic rings. The Morgan fingerprint density at radius 2 is 2.00 bits per heavy atom. The molecule has 0 saturated heterocycles. The van der Waals surface area contributed by atoms with Gasteiger partial charge in [0.1, 0.15) is 11.5 Å². The number of hydrogen-bond acceptors (Lipinski definition) is 2. The van der Waals surface area contributed by atoms with Crippen molar-refractivity contribution in [1.82, 2.24) is 14.7 Å². The zero-order valence-corrected chi connectivity index (χ0v) is 12.8. The van der Waals surface area contributed by atoms with Gasteiger partial charge >= 0.3 is 0 Å². The number of benzene rings is 1. The Kier molecular flexibility index (Phi) is 4.39. The highest BCUT2D eigenvalue weighted by molar-refractivity contribution is 6.30. The van der Waals surface area contributed by atoms with Crippen LogP contribution in [0.5, 0.6) is 0 Å². The number of nitrogens with zero attached hydrogens (tertiary/aromatic N) is 2. The number of nitrogens with one attached hydrogen (secondary N) is 1. The molecule has 3 aromatic rings. The Morgan fingerprint density at radius 3 is 2.78 bits per heavy atom. The highest BCUT2D eigenvalue weighted by Gasteiger charge is 2.03. The van der Waals surface area contributed by atoms with Crippen molar-refractivity contribution in [1.29, 1.82) is 0 Å². The molecule has 3 rings (SSSR count). The van der Waals surface area contributed by atoms with Gasteiger partial charge in [-0.3, -0.25) is 4.79 Å². The van der Waals surface area contributed by atoms with E-state index in [0.717, 1.165) is 5.56 Å². The van der Waals surface area contributed by atoms with E-state index in [4.69, 9.17) is 11.6 Å². The van der Waals surface area contributed by atoms with Crippen molar-refractivity contribution in [2.45, 2.75) is 6.54 Å². The van der Waals surface area contributed by atoms with E-state index in [2.05, 4.69) is 10.3 Å². The first-order valence-corrected chi connectivity index (χ1v) is 7.32. The first kappa shape index (κ1) is 15.2. The average molecular weight is 330 g/mol. The molecule has 6 heteroatoms. The van der Waals surface area contributed by atoms with E-state index in [1.165, 1.54) is 18.3 Å². The highest BCUT2D eigenvalue weighted by atomic mass is 35.5.